The predicted octanol–water partition coefficient (Wildman–Crippen LogP) is 1.54. The smallest absolute Gasteiger partial charge is 0.407 e. The van der Waals surface area contributed by atoms with E-state index in [4.69, 9.17) is 10.5 Å². The maximum atomic E-state index is 12.2. The van der Waals surface area contributed by atoms with Crippen molar-refractivity contribution in [3.8, 4) is 0 Å². The van der Waals surface area contributed by atoms with E-state index in [0.29, 0.717) is 37.3 Å². The molecule has 0 aromatic carbocycles. The van der Waals surface area contributed by atoms with E-state index in [9.17, 15) is 14.7 Å². The second-order valence-electron chi connectivity index (χ2n) is 9.28. The molecule has 0 bridgehead atoms. The highest BCUT2D eigenvalue weighted by atomic mass is 16.6. The van der Waals surface area contributed by atoms with E-state index in [0.717, 1.165) is 11.1 Å². The average Bonchev–Trinajstić information content (AvgIpc) is 2.99. The van der Waals surface area contributed by atoms with Crippen molar-refractivity contribution in [2.24, 2.45) is 5.41 Å². The van der Waals surface area contributed by atoms with Gasteiger partial charge in [0.1, 0.15) is 5.60 Å². The van der Waals surface area contributed by atoms with Gasteiger partial charge in [-0.25, -0.2) is 19.8 Å². The molecular formula is C20H30N6O4. The number of carboxylic acid groups (broad SMARTS) is 1. The number of anilines is 1. The van der Waals surface area contributed by atoms with Crippen LogP contribution in [0.1, 0.15) is 52.3 Å². The van der Waals surface area contributed by atoms with Crippen LogP contribution in [0, 0.1) is 5.41 Å². The molecule has 1 unspecified atom stereocenters. The zero-order valence-electron chi connectivity index (χ0n) is 18.1. The van der Waals surface area contributed by atoms with Gasteiger partial charge in [-0.05, 0) is 50.2 Å². The second kappa shape index (κ2) is 7.75. The van der Waals surface area contributed by atoms with Crippen molar-refractivity contribution >= 4 is 23.7 Å². The summed E-state index contributed by atoms with van der Waals surface area (Å²) < 4.78 is 5.22. The van der Waals surface area contributed by atoms with Crippen molar-refractivity contribution in [2.45, 2.75) is 59.1 Å². The minimum Gasteiger partial charge on any atom is -0.480 e. The van der Waals surface area contributed by atoms with Crippen LogP contribution in [-0.2, 0) is 16.0 Å². The number of carbonyl (C=O) groups is 2. The number of rotatable bonds is 5. The molecule has 3 rings (SSSR count). The number of nitrogen functional groups attached to an aromatic ring is 1. The molecular weight excluding hydrogens is 388 g/mol. The first-order valence-electron chi connectivity index (χ1n) is 9.98. The first-order valence-corrected chi connectivity index (χ1v) is 9.98. The lowest BCUT2D eigenvalue weighted by Gasteiger charge is -2.34. The van der Waals surface area contributed by atoms with Gasteiger partial charge in [-0.2, -0.15) is 0 Å². The Balaban J connectivity index is 1.74. The van der Waals surface area contributed by atoms with Crippen LogP contribution in [0.4, 0.5) is 10.7 Å². The summed E-state index contributed by atoms with van der Waals surface area (Å²) in [7, 11) is 0. The third-order valence-corrected chi connectivity index (χ3v) is 5.07. The maximum Gasteiger partial charge on any atom is 0.407 e. The highest BCUT2D eigenvalue weighted by molar-refractivity contribution is 5.86. The zero-order chi connectivity index (χ0) is 22.3. The monoisotopic (exact) mass is 418 g/mol. The summed E-state index contributed by atoms with van der Waals surface area (Å²) in [6, 6.07) is -0.833. The molecule has 2 heterocycles. The third-order valence-electron chi connectivity index (χ3n) is 5.07. The van der Waals surface area contributed by atoms with Crippen molar-refractivity contribution in [1.82, 2.24) is 25.7 Å². The van der Waals surface area contributed by atoms with E-state index in [2.05, 4.69) is 20.7 Å². The summed E-state index contributed by atoms with van der Waals surface area (Å²) in [6.45, 7) is 10.2. The topological polar surface area (TPSA) is 143 Å². The zero-order valence-corrected chi connectivity index (χ0v) is 18.1. The van der Waals surface area contributed by atoms with Gasteiger partial charge in [0.05, 0.1) is 11.4 Å². The number of nitrogens with two attached hydrogens (primary N) is 1. The fraction of sp³-hybridized carbons (Fsp3) is 0.600. The number of carbonyl (C=O) groups excluding carboxylic acids is 1. The second-order valence-corrected chi connectivity index (χ2v) is 9.28. The van der Waals surface area contributed by atoms with Crippen LogP contribution in [-0.4, -0.2) is 56.9 Å². The van der Waals surface area contributed by atoms with Crippen molar-refractivity contribution in [3.63, 3.8) is 0 Å². The van der Waals surface area contributed by atoms with Crippen LogP contribution < -0.4 is 16.5 Å². The van der Waals surface area contributed by atoms with E-state index >= 15 is 0 Å². The number of amides is 1. The van der Waals surface area contributed by atoms with Gasteiger partial charge >= 0.3 is 12.1 Å². The molecule has 5 N–H and O–H groups in total. The minimum atomic E-state index is -0.939. The molecule has 1 amide bonds. The Morgan fingerprint density at radius 1 is 1.43 bits per heavy atom. The summed E-state index contributed by atoms with van der Waals surface area (Å²) in [5, 5.41) is 14.3. The lowest BCUT2D eigenvalue weighted by molar-refractivity contribution is -0.142. The Labute approximate surface area is 175 Å². The quantitative estimate of drug-likeness (QED) is 0.524. The molecule has 1 atom stereocenters. The molecule has 0 spiro atoms. The van der Waals surface area contributed by atoms with Gasteiger partial charge in [-0.15, -0.1) is 0 Å². The molecule has 30 heavy (non-hydrogen) atoms. The number of nitrogens with zero attached hydrogens (tertiary/aromatic N) is 3. The van der Waals surface area contributed by atoms with Crippen LogP contribution in [0.25, 0.3) is 5.70 Å². The van der Waals surface area contributed by atoms with E-state index in [1.165, 1.54) is 0 Å². The molecule has 2 aliphatic rings. The highest BCUT2D eigenvalue weighted by Gasteiger charge is 2.48. The van der Waals surface area contributed by atoms with Gasteiger partial charge < -0.3 is 26.3 Å². The first-order chi connectivity index (χ1) is 13.9. The standard InChI is InChI=1S/C20H30N6O4/c1-19(2,3)30-18(29)22-7-6-8-26-15(16(27)28)12-14(25-26)13-11(9-20(12,4)5)10-23-17(21)24-13/h10,15,25H,6-9H2,1-5H3,(H,22,29)(H,27,28)(H2,21,23,24). The van der Waals surface area contributed by atoms with Gasteiger partial charge in [0.15, 0.2) is 6.04 Å². The molecule has 10 nitrogen and oxygen atoms in total. The van der Waals surface area contributed by atoms with Gasteiger partial charge in [0.2, 0.25) is 5.95 Å². The molecule has 10 heteroatoms. The Hall–Kier alpha value is -2.88. The Bertz CT molecular complexity index is 890. The molecule has 0 radical (unpaired) electrons. The van der Waals surface area contributed by atoms with Crippen molar-refractivity contribution in [3.05, 3.63) is 23.0 Å². The number of hydrazine groups is 1. The molecule has 0 fully saturated rings. The van der Waals surface area contributed by atoms with Gasteiger partial charge in [0, 0.05) is 19.3 Å². The normalized spacial score (nSPS) is 20.2. The maximum absolute atomic E-state index is 12.2. The molecule has 1 aliphatic heterocycles. The number of nitrogens with one attached hydrogen (secondary N) is 2. The van der Waals surface area contributed by atoms with E-state index in [1.807, 2.05) is 13.8 Å². The average molecular weight is 418 g/mol. The number of aromatic nitrogens is 2. The van der Waals surface area contributed by atoms with Crippen LogP contribution in [0.3, 0.4) is 0 Å². The van der Waals surface area contributed by atoms with Crippen molar-refractivity contribution < 1.29 is 19.4 Å². The number of hydrogen-bond donors (Lipinski definition) is 4. The summed E-state index contributed by atoms with van der Waals surface area (Å²) in [5.41, 5.74) is 11.1. The minimum absolute atomic E-state index is 0.147. The Morgan fingerprint density at radius 2 is 2.13 bits per heavy atom. The molecule has 0 saturated heterocycles. The fourth-order valence-corrected chi connectivity index (χ4v) is 3.98. The van der Waals surface area contributed by atoms with Gasteiger partial charge in [0.25, 0.3) is 0 Å². The predicted molar refractivity (Wildman–Crippen MR) is 111 cm³/mol. The molecule has 1 aromatic rings. The van der Waals surface area contributed by atoms with Gasteiger partial charge in [-0.1, -0.05) is 13.8 Å². The molecule has 1 aliphatic carbocycles. The van der Waals surface area contributed by atoms with E-state index in [-0.39, 0.29) is 11.4 Å². The van der Waals surface area contributed by atoms with Crippen molar-refractivity contribution in [2.75, 3.05) is 18.8 Å². The van der Waals surface area contributed by atoms with Crippen molar-refractivity contribution in [1.29, 1.82) is 0 Å². The lowest BCUT2D eigenvalue weighted by atomic mass is 9.71. The number of hydrogen-bond acceptors (Lipinski definition) is 8. The number of fused-ring (bicyclic) bond motifs is 2. The van der Waals surface area contributed by atoms with Gasteiger partial charge in [-0.3, -0.25) is 4.79 Å². The summed E-state index contributed by atoms with van der Waals surface area (Å²) in [5.74, 6) is -0.792. The summed E-state index contributed by atoms with van der Waals surface area (Å²) in [6.07, 6.45) is 2.37. The largest absolute Gasteiger partial charge is 0.480 e. The highest BCUT2D eigenvalue weighted by Crippen LogP contribution is 2.46. The van der Waals surface area contributed by atoms with E-state index in [1.54, 1.807) is 32.0 Å². The van der Waals surface area contributed by atoms with Crippen LogP contribution >= 0.6 is 0 Å². The van der Waals surface area contributed by atoms with Crippen LogP contribution in [0.5, 0.6) is 0 Å². The SMILES string of the molecule is CC(C)(C)OC(=O)NCCCN1NC2=C(C1C(=O)O)C(C)(C)Cc1cnc(N)nc12. The summed E-state index contributed by atoms with van der Waals surface area (Å²) >= 11 is 0. The third kappa shape index (κ3) is 4.48. The number of carboxylic acids is 1. The lowest BCUT2D eigenvalue weighted by Crippen LogP contribution is -2.46. The number of alkyl carbamates (subject to hydrolysis) is 1. The molecule has 0 saturated carbocycles. The summed E-state index contributed by atoms with van der Waals surface area (Å²) in [4.78, 5) is 32.4. The molecule has 1 aromatic heterocycles. The van der Waals surface area contributed by atoms with E-state index < -0.39 is 23.7 Å². The van der Waals surface area contributed by atoms with Crippen LogP contribution in [0.2, 0.25) is 0 Å². The first kappa shape index (κ1) is 21.8. The number of ether oxygens (including phenoxy) is 1. The fourth-order valence-electron chi connectivity index (χ4n) is 3.98. The Kier molecular flexibility index (Phi) is 5.64. The molecule has 164 valence electrons. The number of aliphatic carboxylic acids is 1. The van der Waals surface area contributed by atoms with Crippen LogP contribution in [0.15, 0.2) is 11.8 Å². The Morgan fingerprint density at radius 3 is 2.77 bits per heavy atom.